The number of benzene rings is 3. The zero-order valence-corrected chi connectivity index (χ0v) is 24.8. The molecule has 0 spiro atoms. The third kappa shape index (κ3) is 10.8. The first-order chi connectivity index (χ1) is 20.9. The van der Waals surface area contributed by atoms with Crippen molar-refractivity contribution in [1.82, 2.24) is 9.80 Å². The minimum Gasteiger partial charge on any atom is -0.505 e. The number of aromatic hydroxyl groups is 2. The standard InChI is InChI=1S/C31H46N6O6/c1-23-30(42)28(34-26-6-2-24(3-7-26)32-10-12-36(14-18-38)15-19-39)22-29(31(23)43)35-27-8-4-25(5-9-27)33-11-13-37(16-20-40)17-21-41/h2-9,22,32-35,38-43H,10-21H2,1H3. The summed E-state index contributed by atoms with van der Waals surface area (Å²) in [6, 6.07) is 16.9. The molecule has 0 heterocycles. The van der Waals surface area contributed by atoms with Crippen molar-refractivity contribution in [3.63, 3.8) is 0 Å². The van der Waals surface area contributed by atoms with Crippen molar-refractivity contribution in [2.24, 2.45) is 0 Å². The average Bonchev–Trinajstić information content (AvgIpc) is 3.00. The van der Waals surface area contributed by atoms with E-state index in [9.17, 15) is 10.2 Å². The van der Waals surface area contributed by atoms with Gasteiger partial charge in [-0.25, -0.2) is 0 Å². The molecule has 3 rings (SSSR count). The van der Waals surface area contributed by atoms with Crippen LogP contribution in [-0.4, -0.2) is 119 Å². The number of aliphatic hydroxyl groups is 4. The predicted molar refractivity (Wildman–Crippen MR) is 172 cm³/mol. The average molecular weight is 599 g/mol. The molecule has 0 aliphatic heterocycles. The van der Waals surface area contributed by atoms with E-state index in [-0.39, 0.29) is 37.9 Å². The molecule has 0 bridgehead atoms. The van der Waals surface area contributed by atoms with Gasteiger partial charge < -0.3 is 51.9 Å². The van der Waals surface area contributed by atoms with Crippen LogP contribution in [0.5, 0.6) is 11.5 Å². The first kappa shape index (κ1) is 33.7. The topological polar surface area (TPSA) is 176 Å². The van der Waals surface area contributed by atoms with E-state index >= 15 is 0 Å². The Bertz CT molecular complexity index is 1130. The Morgan fingerprint density at radius 1 is 0.512 bits per heavy atom. The molecule has 12 nitrogen and oxygen atoms in total. The highest BCUT2D eigenvalue weighted by molar-refractivity contribution is 5.80. The van der Waals surface area contributed by atoms with Crippen LogP contribution in [0.4, 0.5) is 34.1 Å². The Morgan fingerprint density at radius 2 is 0.837 bits per heavy atom. The maximum absolute atomic E-state index is 10.7. The second-order valence-electron chi connectivity index (χ2n) is 10.1. The second-order valence-corrected chi connectivity index (χ2v) is 10.1. The third-order valence-corrected chi connectivity index (χ3v) is 7.02. The monoisotopic (exact) mass is 598 g/mol. The van der Waals surface area contributed by atoms with Gasteiger partial charge >= 0.3 is 0 Å². The highest BCUT2D eigenvalue weighted by Gasteiger charge is 2.15. The summed E-state index contributed by atoms with van der Waals surface area (Å²) in [5.41, 5.74) is 4.56. The smallest absolute Gasteiger partial charge is 0.145 e. The van der Waals surface area contributed by atoms with Crippen LogP contribution >= 0.6 is 0 Å². The molecule has 0 amide bonds. The van der Waals surface area contributed by atoms with Crippen molar-refractivity contribution >= 4 is 34.1 Å². The number of anilines is 6. The van der Waals surface area contributed by atoms with Crippen LogP contribution in [-0.2, 0) is 0 Å². The Kier molecular flexibility index (Phi) is 14.1. The Balaban J connectivity index is 1.59. The van der Waals surface area contributed by atoms with Crippen molar-refractivity contribution in [3.8, 4) is 11.5 Å². The number of hydrogen-bond acceptors (Lipinski definition) is 12. The molecule has 12 heteroatoms. The van der Waals surface area contributed by atoms with Crippen molar-refractivity contribution in [3.05, 3.63) is 60.2 Å². The van der Waals surface area contributed by atoms with Crippen molar-refractivity contribution < 1.29 is 30.6 Å². The largest absolute Gasteiger partial charge is 0.505 e. The van der Waals surface area contributed by atoms with Crippen LogP contribution in [0, 0.1) is 6.92 Å². The summed E-state index contributed by atoms with van der Waals surface area (Å²) in [7, 11) is 0. The molecule has 43 heavy (non-hydrogen) atoms. The number of phenols is 2. The minimum atomic E-state index is -0.0471. The molecule has 0 fully saturated rings. The molecule has 0 saturated carbocycles. The molecule has 0 aliphatic rings. The van der Waals surface area contributed by atoms with E-state index in [2.05, 4.69) is 21.3 Å². The molecule has 0 saturated heterocycles. The molecule has 0 aliphatic carbocycles. The molecule has 0 aromatic heterocycles. The first-order valence-corrected chi connectivity index (χ1v) is 14.5. The van der Waals surface area contributed by atoms with E-state index in [0.29, 0.717) is 69.3 Å². The van der Waals surface area contributed by atoms with Gasteiger partial charge in [0.1, 0.15) is 11.5 Å². The van der Waals surface area contributed by atoms with Gasteiger partial charge in [-0.15, -0.1) is 0 Å². The SMILES string of the molecule is Cc1c(O)c(Nc2ccc(NCCN(CCO)CCO)cc2)cc(Nc2ccc(NCCN(CCO)CCO)cc2)c1O. The maximum atomic E-state index is 10.7. The number of nitrogens with zero attached hydrogens (tertiary/aromatic N) is 2. The summed E-state index contributed by atoms with van der Waals surface area (Å²) in [5.74, 6) is -0.0943. The summed E-state index contributed by atoms with van der Waals surface area (Å²) in [4.78, 5) is 3.96. The van der Waals surface area contributed by atoms with E-state index < -0.39 is 0 Å². The van der Waals surface area contributed by atoms with E-state index in [0.717, 1.165) is 22.7 Å². The molecule has 0 atom stereocenters. The highest BCUT2D eigenvalue weighted by Crippen LogP contribution is 2.42. The van der Waals surface area contributed by atoms with Gasteiger partial charge in [0.25, 0.3) is 0 Å². The Hall–Kier alpha value is -3.78. The lowest BCUT2D eigenvalue weighted by molar-refractivity contribution is 0.165. The van der Waals surface area contributed by atoms with Gasteiger partial charge in [0, 0.05) is 80.7 Å². The number of hydrogen-bond donors (Lipinski definition) is 10. The highest BCUT2D eigenvalue weighted by atomic mass is 16.3. The summed E-state index contributed by atoms with van der Waals surface area (Å²) < 4.78 is 0. The van der Waals surface area contributed by atoms with Crippen LogP contribution in [0.25, 0.3) is 0 Å². The summed E-state index contributed by atoms with van der Waals surface area (Å²) in [5, 5.41) is 71.1. The minimum absolute atomic E-state index is 0.0462. The Morgan fingerprint density at radius 3 is 1.16 bits per heavy atom. The van der Waals surface area contributed by atoms with Gasteiger partial charge in [-0.1, -0.05) is 0 Å². The molecular formula is C31H46N6O6. The van der Waals surface area contributed by atoms with Gasteiger partial charge in [-0.3, -0.25) is 9.80 Å². The van der Waals surface area contributed by atoms with E-state index in [1.807, 2.05) is 58.3 Å². The quantitative estimate of drug-likeness (QED) is 0.0680. The van der Waals surface area contributed by atoms with E-state index in [1.165, 1.54) is 0 Å². The van der Waals surface area contributed by atoms with Crippen LogP contribution in [0.15, 0.2) is 54.6 Å². The third-order valence-electron chi connectivity index (χ3n) is 7.02. The van der Waals surface area contributed by atoms with Crippen LogP contribution in [0.1, 0.15) is 5.56 Å². The zero-order chi connectivity index (χ0) is 31.0. The second kappa shape index (κ2) is 18.0. The summed E-state index contributed by atoms with van der Waals surface area (Å²) in [6.07, 6.45) is 0. The summed E-state index contributed by atoms with van der Waals surface area (Å²) in [6.45, 7) is 6.57. The van der Waals surface area contributed by atoms with Gasteiger partial charge in [0.15, 0.2) is 0 Å². The molecule has 0 radical (unpaired) electrons. The molecule has 3 aromatic rings. The first-order valence-electron chi connectivity index (χ1n) is 14.5. The van der Waals surface area contributed by atoms with Crippen LogP contribution in [0.3, 0.4) is 0 Å². The number of phenolic OH excluding ortho intramolecular Hbond substituents is 2. The van der Waals surface area contributed by atoms with E-state index in [4.69, 9.17) is 20.4 Å². The van der Waals surface area contributed by atoms with Gasteiger partial charge in [-0.2, -0.15) is 0 Å². The molecule has 236 valence electrons. The van der Waals surface area contributed by atoms with E-state index in [1.54, 1.807) is 13.0 Å². The maximum Gasteiger partial charge on any atom is 0.145 e. The number of rotatable bonds is 20. The lowest BCUT2D eigenvalue weighted by atomic mass is 10.1. The molecule has 10 N–H and O–H groups in total. The van der Waals surface area contributed by atoms with Gasteiger partial charge in [0.05, 0.1) is 37.8 Å². The van der Waals surface area contributed by atoms with Gasteiger partial charge in [-0.05, 0) is 61.5 Å². The molecular weight excluding hydrogens is 552 g/mol. The fraction of sp³-hybridized carbons (Fsp3) is 0.419. The van der Waals surface area contributed by atoms with Crippen molar-refractivity contribution in [2.75, 3.05) is 100 Å². The lowest BCUT2D eigenvalue weighted by Gasteiger charge is -2.20. The fourth-order valence-electron chi connectivity index (χ4n) is 4.59. The fourth-order valence-corrected chi connectivity index (χ4v) is 4.59. The van der Waals surface area contributed by atoms with Crippen LogP contribution in [0.2, 0.25) is 0 Å². The normalized spacial score (nSPS) is 11.2. The molecule has 0 unspecified atom stereocenters. The summed E-state index contributed by atoms with van der Waals surface area (Å²) >= 11 is 0. The lowest BCUT2D eigenvalue weighted by Crippen LogP contribution is -2.34. The van der Waals surface area contributed by atoms with Crippen LogP contribution < -0.4 is 21.3 Å². The predicted octanol–water partition coefficient (Wildman–Crippen LogP) is 2.29. The van der Waals surface area contributed by atoms with Crippen molar-refractivity contribution in [2.45, 2.75) is 6.92 Å². The van der Waals surface area contributed by atoms with Crippen molar-refractivity contribution in [1.29, 1.82) is 0 Å². The van der Waals surface area contributed by atoms with Gasteiger partial charge in [0.2, 0.25) is 0 Å². The zero-order valence-electron chi connectivity index (χ0n) is 24.8. The number of aliphatic hydroxyl groups excluding tert-OH is 4. The number of nitrogens with one attached hydrogen (secondary N) is 4. The Labute approximate surface area is 253 Å². The molecule has 3 aromatic carbocycles.